The lowest BCUT2D eigenvalue weighted by Gasteiger charge is -2.15. The number of benzene rings is 1. The molecule has 0 bridgehead atoms. The average molecular weight is 285 g/mol. The molecule has 0 aliphatic carbocycles. The molecule has 0 saturated carbocycles. The van der Waals surface area contributed by atoms with E-state index < -0.39 is 16.1 Å². The van der Waals surface area contributed by atoms with E-state index in [0.717, 1.165) is 11.1 Å². The molecule has 0 radical (unpaired) electrons. The van der Waals surface area contributed by atoms with Crippen LogP contribution in [-0.4, -0.2) is 20.4 Å². The third kappa shape index (κ3) is 3.76. The summed E-state index contributed by atoms with van der Waals surface area (Å²) in [5.74, 6) is -0.350. The maximum atomic E-state index is 11.8. The van der Waals surface area contributed by atoms with Gasteiger partial charge in [0, 0.05) is 5.69 Å². The van der Waals surface area contributed by atoms with E-state index in [1.807, 2.05) is 0 Å². The van der Waals surface area contributed by atoms with Crippen LogP contribution in [0.25, 0.3) is 0 Å². The van der Waals surface area contributed by atoms with E-state index in [0.29, 0.717) is 12.1 Å². The highest BCUT2D eigenvalue weighted by Crippen LogP contribution is 2.23. The molecule has 106 valence electrons. The molecule has 1 atom stereocenters. The summed E-state index contributed by atoms with van der Waals surface area (Å²) in [7, 11) is -3.81. The largest absolute Gasteiger partial charge is 0.324 e. The summed E-state index contributed by atoms with van der Waals surface area (Å²) >= 11 is 0. The second-order valence-corrected chi connectivity index (χ2v) is 6.02. The highest BCUT2D eigenvalue weighted by atomic mass is 32.2. The maximum absolute atomic E-state index is 11.8. The minimum absolute atomic E-state index is 0.0315. The Morgan fingerprint density at radius 3 is 2.42 bits per heavy atom. The molecule has 7 heteroatoms. The number of sulfonamides is 1. The Morgan fingerprint density at radius 1 is 1.37 bits per heavy atom. The molecule has 5 N–H and O–H groups in total. The van der Waals surface area contributed by atoms with Gasteiger partial charge >= 0.3 is 0 Å². The fourth-order valence-corrected chi connectivity index (χ4v) is 2.15. The van der Waals surface area contributed by atoms with Crippen LogP contribution in [-0.2, 0) is 14.8 Å². The van der Waals surface area contributed by atoms with Crippen molar-refractivity contribution in [3.8, 4) is 0 Å². The molecule has 0 spiro atoms. The number of carbonyl (C=O) groups is 1. The first-order chi connectivity index (χ1) is 8.66. The Kier molecular flexibility index (Phi) is 4.67. The van der Waals surface area contributed by atoms with Gasteiger partial charge in [-0.15, -0.1) is 0 Å². The van der Waals surface area contributed by atoms with Crippen molar-refractivity contribution in [2.75, 3.05) is 5.32 Å². The quantitative estimate of drug-likeness (QED) is 0.752. The zero-order chi connectivity index (χ0) is 14.8. The number of hydrogen-bond donors (Lipinski definition) is 3. The number of carbonyl (C=O) groups excluding carboxylic acids is 1. The van der Waals surface area contributed by atoms with Crippen LogP contribution in [0.4, 0.5) is 5.69 Å². The average Bonchev–Trinajstić information content (AvgIpc) is 2.32. The molecular weight excluding hydrogens is 266 g/mol. The number of rotatable bonds is 4. The van der Waals surface area contributed by atoms with Gasteiger partial charge in [-0.2, -0.15) is 0 Å². The molecule has 1 aromatic rings. The monoisotopic (exact) mass is 285 g/mol. The van der Waals surface area contributed by atoms with Gasteiger partial charge in [-0.1, -0.05) is 6.92 Å². The lowest BCUT2D eigenvalue weighted by atomic mass is 10.1. The molecule has 0 aliphatic rings. The first kappa shape index (κ1) is 15.6. The molecule has 1 amide bonds. The van der Waals surface area contributed by atoms with Crippen molar-refractivity contribution in [2.45, 2.75) is 38.1 Å². The smallest absolute Gasteiger partial charge is 0.241 e. The topological polar surface area (TPSA) is 115 Å². The van der Waals surface area contributed by atoms with E-state index in [1.54, 1.807) is 20.8 Å². The summed E-state index contributed by atoms with van der Waals surface area (Å²) in [6.45, 7) is 5.33. The zero-order valence-corrected chi connectivity index (χ0v) is 12.0. The van der Waals surface area contributed by atoms with E-state index in [1.165, 1.54) is 12.1 Å². The van der Waals surface area contributed by atoms with Crippen molar-refractivity contribution in [2.24, 2.45) is 10.9 Å². The number of aryl methyl sites for hydroxylation is 1. The minimum Gasteiger partial charge on any atom is -0.324 e. The van der Waals surface area contributed by atoms with Crippen molar-refractivity contribution in [1.29, 1.82) is 0 Å². The molecule has 0 saturated heterocycles. The number of anilines is 1. The number of nitrogens with one attached hydrogen (secondary N) is 1. The second-order valence-electron chi connectivity index (χ2n) is 4.46. The van der Waals surface area contributed by atoms with Crippen molar-refractivity contribution < 1.29 is 13.2 Å². The zero-order valence-electron chi connectivity index (χ0n) is 11.2. The standard InChI is InChI=1S/C12H19N3O3S/c1-4-10(13)12(16)15-11-6-9(19(14,17)18)5-7(2)8(11)3/h5-6,10H,4,13H2,1-3H3,(H,15,16)(H2,14,17,18). The number of hydrogen-bond acceptors (Lipinski definition) is 4. The molecule has 1 aromatic carbocycles. The van der Waals surface area contributed by atoms with Gasteiger partial charge in [-0.25, -0.2) is 13.6 Å². The van der Waals surface area contributed by atoms with Crippen molar-refractivity contribution in [1.82, 2.24) is 0 Å². The minimum atomic E-state index is -3.81. The third-order valence-corrected chi connectivity index (χ3v) is 3.90. The van der Waals surface area contributed by atoms with Crippen LogP contribution in [0.1, 0.15) is 24.5 Å². The van der Waals surface area contributed by atoms with Gasteiger partial charge in [0.2, 0.25) is 15.9 Å². The molecule has 6 nitrogen and oxygen atoms in total. The third-order valence-electron chi connectivity index (χ3n) is 3.00. The lowest BCUT2D eigenvalue weighted by molar-refractivity contribution is -0.117. The van der Waals surface area contributed by atoms with E-state index in [9.17, 15) is 13.2 Å². The Hall–Kier alpha value is -1.44. The second kappa shape index (κ2) is 5.68. The number of nitrogens with two attached hydrogens (primary N) is 2. The van der Waals surface area contributed by atoms with E-state index in [4.69, 9.17) is 10.9 Å². The van der Waals surface area contributed by atoms with Crippen LogP contribution < -0.4 is 16.2 Å². The Morgan fingerprint density at radius 2 is 1.95 bits per heavy atom. The Labute approximate surface area is 113 Å². The molecule has 0 aliphatic heterocycles. The fraction of sp³-hybridized carbons (Fsp3) is 0.417. The molecule has 1 rings (SSSR count). The van der Waals surface area contributed by atoms with Crippen LogP contribution in [0.5, 0.6) is 0 Å². The van der Waals surface area contributed by atoms with E-state index in [2.05, 4.69) is 5.32 Å². The fourth-order valence-electron chi connectivity index (χ4n) is 1.53. The van der Waals surface area contributed by atoms with Gasteiger partial charge in [0.25, 0.3) is 0 Å². The van der Waals surface area contributed by atoms with Gasteiger partial charge in [0.05, 0.1) is 10.9 Å². The molecule has 1 unspecified atom stereocenters. The van der Waals surface area contributed by atoms with Gasteiger partial charge < -0.3 is 11.1 Å². The van der Waals surface area contributed by atoms with Crippen LogP contribution in [0.3, 0.4) is 0 Å². The van der Waals surface area contributed by atoms with Crippen LogP contribution in [0.15, 0.2) is 17.0 Å². The first-order valence-electron chi connectivity index (χ1n) is 5.87. The lowest BCUT2D eigenvalue weighted by Crippen LogP contribution is -2.35. The summed E-state index contributed by atoms with van der Waals surface area (Å²) in [6, 6.07) is 2.19. The van der Waals surface area contributed by atoms with Gasteiger partial charge in [-0.05, 0) is 43.5 Å². The summed E-state index contributed by atoms with van der Waals surface area (Å²) in [6.07, 6.45) is 0.499. The highest BCUT2D eigenvalue weighted by Gasteiger charge is 2.16. The predicted molar refractivity (Wildman–Crippen MR) is 74.2 cm³/mol. The predicted octanol–water partition coefficient (Wildman–Crippen LogP) is 0.627. The maximum Gasteiger partial charge on any atom is 0.241 e. The Bertz CT molecular complexity index is 596. The van der Waals surface area contributed by atoms with Crippen molar-refractivity contribution in [3.05, 3.63) is 23.3 Å². The SMILES string of the molecule is CCC(N)C(=O)Nc1cc(S(N)(=O)=O)cc(C)c1C. The molecule has 0 aromatic heterocycles. The van der Waals surface area contributed by atoms with E-state index in [-0.39, 0.29) is 10.8 Å². The van der Waals surface area contributed by atoms with Crippen LogP contribution >= 0.6 is 0 Å². The van der Waals surface area contributed by atoms with Gasteiger partial charge in [-0.3, -0.25) is 4.79 Å². The molecular formula is C12H19N3O3S. The summed E-state index contributed by atoms with van der Waals surface area (Å²) in [4.78, 5) is 11.7. The normalized spacial score (nSPS) is 13.1. The van der Waals surface area contributed by atoms with E-state index >= 15 is 0 Å². The Balaban J connectivity index is 3.21. The molecule has 0 heterocycles. The number of primary sulfonamides is 1. The molecule has 19 heavy (non-hydrogen) atoms. The first-order valence-corrected chi connectivity index (χ1v) is 7.42. The summed E-state index contributed by atoms with van der Waals surface area (Å²) < 4.78 is 22.7. The highest BCUT2D eigenvalue weighted by molar-refractivity contribution is 7.89. The molecule has 0 fully saturated rings. The number of amides is 1. The van der Waals surface area contributed by atoms with Crippen molar-refractivity contribution >= 4 is 21.6 Å². The van der Waals surface area contributed by atoms with Crippen molar-refractivity contribution in [3.63, 3.8) is 0 Å². The van der Waals surface area contributed by atoms with Crippen LogP contribution in [0, 0.1) is 13.8 Å². The van der Waals surface area contributed by atoms with Crippen LogP contribution in [0.2, 0.25) is 0 Å². The summed E-state index contributed by atoms with van der Waals surface area (Å²) in [5.41, 5.74) is 7.55. The van der Waals surface area contributed by atoms with Gasteiger partial charge in [0.1, 0.15) is 0 Å². The van der Waals surface area contributed by atoms with Gasteiger partial charge in [0.15, 0.2) is 0 Å². The summed E-state index contributed by atoms with van der Waals surface area (Å²) in [5, 5.41) is 7.73.